The molecule has 1 fully saturated rings. The van der Waals surface area contributed by atoms with Gasteiger partial charge in [-0.05, 0) is 35.9 Å². The maximum atomic E-state index is 13.2. The number of amides is 1. The lowest BCUT2D eigenvalue weighted by molar-refractivity contribution is -0.133. The first-order valence-corrected chi connectivity index (χ1v) is 15.6. The average Bonchev–Trinajstić information content (AvgIpc) is 3.06. The topological polar surface area (TPSA) is 49.8 Å². The van der Waals surface area contributed by atoms with Gasteiger partial charge < -0.3 is 9.53 Å². The van der Waals surface area contributed by atoms with Crippen LogP contribution in [-0.4, -0.2) is 52.6 Å². The van der Waals surface area contributed by atoms with Gasteiger partial charge in [0.2, 0.25) is 5.91 Å². The number of thioether (sulfide) groups is 1. The molecule has 0 aromatic rings. The van der Waals surface area contributed by atoms with Gasteiger partial charge in [-0.2, -0.15) is 0 Å². The van der Waals surface area contributed by atoms with Gasteiger partial charge in [-0.1, -0.05) is 86.3 Å². The summed E-state index contributed by atoms with van der Waals surface area (Å²) in [4.78, 5) is 14.9. The van der Waals surface area contributed by atoms with Crippen LogP contribution in [0.15, 0.2) is 0 Å². The van der Waals surface area contributed by atoms with Gasteiger partial charge in [-0.15, -0.1) is 0 Å². The molecule has 0 bridgehead atoms. The van der Waals surface area contributed by atoms with Crippen molar-refractivity contribution in [3.05, 3.63) is 0 Å². The van der Waals surface area contributed by atoms with Crippen LogP contribution in [0.2, 0.25) is 18.1 Å². The lowest BCUT2D eigenvalue weighted by Gasteiger charge is -2.39. The van der Waals surface area contributed by atoms with E-state index in [9.17, 15) is 9.90 Å². The number of carbonyl (C=O) groups is 1. The van der Waals surface area contributed by atoms with Crippen LogP contribution in [0.5, 0.6) is 0 Å². The number of carbonyl (C=O) groups excluding carboxylic acids is 1. The van der Waals surface area contributed by atoms with Gasteiger partial charge in [0.05, 0.1) is 24.7 Å². The van der Waals surface area contributed by atoms with Gasteiger partial charge in [-0.25, -0.2) is 0 Å². The Bertz CT molecular complexity index is 567. The van der Waals surface area contributed by atoms with Crippen LogP contribution in [0, 0.1) is 17.3 Å². The van der Waals surface area contributed by atoms with Crippen LogP contribution < -0.4 is 0 Å². The number of nitrogens with zero attached hydrogens (tertiary/aromatic N) is 1. The molecule has 1 aliphatic heterocycles. The van der Waals surface area contributed by atoms with Crippen molar-refractivity contribution in [2.45, 2.75) is 112 Å². The van der Waals surface area contributed by atoms with Crippen molar-refractivity contribution in [3.63, 3.8) is 0 Å². The Kier molecular flexibility index (Phi) is 11.0. The van der Waals surface area contributed by atoms with Gasteiger partial charge in [-0.3, -0.25) is 9.69 Å². The molecule has 0 aromatic carbocycles. The third kappa shape index (κ3) is 7.29. The molecule has 1 aliphatic rings. The Balaban J connectivity index is 2.95. The normalized spacial score (nSPS) is 21.2. The van der Waals surface area contributed by atoms with E-state index in [2.05, 4.69) is 55.4 Å². The molecule has 1 rings (SSSR count). The van der Waals surface area contributed by atoms with Gasteiger partial charge in [0.25, 0.3) is 0 Å². The van der Waals surface area contributed by atoms with Crippen LogP contribution in [0.4, 0.5) is 0 Å². The molecule has 0 aliphatic carbocycles. The minimum absolute atomic E-state index is 0.0161. The summed E-state index contributed by atoms with van der Waals surface area (Å²) in [5, 5.41) is 11.1. The maximum Gasteiger partial charge on any atom is 0.230 e. The van der Waals surface area contributed by atoms with Crippen molar-refractivity contribution in [3.8, 4) is 0 Å². The highest BCUT2D eigenvalue weighted by molar-refractivity contribution is 8.23. The summed E-state index contributed by atoms with van der Waals surface area (Å²) in [6.07, 6.45) is 0.264. The Labute approximate surface area is 196 Å². The van der Waals surface area contributed by atoms with Crippen LogP contribution in [-0.2, 0) is 9.22 Å². The van der Waals surface area contributed by atoms with Crippen LogP contribution in [0.3, 0.4) is 0 Å². The van der Waals surface area contributed by atoms with E-state index in [0.717, 1.165) is 30.3 Å². The van der Waals surface area contributed by atoms with E-state index in [1.807, 2.05) is 6.92 Å². The fourth-order valence-electron chi connectivity index (χ4n) is 4.20. The first-order chi connectivity index (χ1) is 13.8. The molecular formula is C23H45NO3S2Si. The van der Waals surface area contributed by atoms with E-state index in [1.54, 1.807) is 16.7 Å². The predicted molar refractivity (Wildman–Crippen MR) is 136 cm³/mol. The standard InChI is InChI=1S/C23H45NO3S2Si/c1-10-30(11-2,12-3)27-19(13-16(4)5)17(6)18(25)14-21(26)24-20(23(7,8)9)15-29-22(24)28/h16-20,25H,10-15H2,1-9H3/t17-,18-,19+,20+/m0/s1. The van der Waals surface area contributed by atoms with Crippen molar-refractivity contribution in [2.75, 3.05) is 5.75 Å². The van der Waals surface area contributed by atoms with Crippen molar-refractivity contribution in [1.29, 1.82) is 0 Å². The zero-order valence-corrected chi connectivity index (χ0v) is 23.3. The van der Waals surface area contributed by atoms with Crippen molar-refractivity contribution >= 4 is 42.5 Å². The Hall–Kier alpha value is 0.0469. The largest absolute Gasteiger partial charge is 0.414 e. The van der Waals surface area contributed by atoms with Gasteiger partial charge in [0.15, 0.2) is 8.32 Å². The molecule has 0 unspecified atom stereocenters. The lowest BCUT2D eigenvalue weighted by Crippen LogP contribution is -2.48. The molecule has 1 amide bonds. The first-order valence-electron chi connectivity index (χ1n) is 11.7. The molecule has 0 aromatic heterocycles. The third-order valence-corrected chi connectivity index (χ3v) is 12.9. The van der Waals surface area contributed by atoms with E-state index in [0.29, 0.717) is 10.2 Å². The Morgan fingerprint density at radius 3 is 2.20 bits per heavy atom. The molecule has 0 radical (unpaired) electrons. The molecule has 0 saturated carbocycles. The summed E-state index contributed by atoms with van der Waals surface area (Å²) in [5.41, 5.74) is -0.0440. The molecular weight excluding hydrogens is 430 g/mol. The smallest absolute Gasteiger partial charge is 0.230 e. The molecule has 4 nitrogen and oxygen atoms in total. The molecule has 30 heavy (non-hydrogen) atoms. The molecule has 0 spiro atoms. The molecule has 176 valence electrons. The summed E-state index contributed by atoms with van der Waals surface area (Å²) in [7, 11) is -1.80. The average molecular weight is 476 g/mol. The zero-order chi connectivity index (χ0) is 23.3. The Morgan fingerprint density at radius 1 is 1.23 bits per heavy atom. The molecule has 1 saturated heterocycles. The van der Waals surface area contributed by atoms with Gasteiger partial charge in [0, 0.05) is 11.7 Å². The first kappa shape index (κ1) is 28.1. The zero-order valence-electron chi connectivity index (χ0n) is 20.7. The molecule has 7 heteroatoms. The van der Waals surface area contributed by atoms with Crippen LogP contribution in [0.1, 0.15) is 75.2 Å². The fraction of sp³-hybridized carbons (Fsp3) is 0.913. The van der Waals surface area contributed by atoms with Crippen molar-refractivity contribution < 1.29 is 14.3 Å². The highest BCUT2D eigenvalue weighted by atomic mass is 32.2. The summed E-state index contributed by atoms with van der Waals surface area (Å²) in [5.74, 6) is 1.16. The second-order valence-corrected chi connectivity index (χ2v) is 16.8. The van der Waals surface area contributed by atoms with Gasteiger partial charge >= 0.3 is 0 Å². The number of hydrogen-bond acceptors (Lipinski definition) is 5. The second-order valence-electron chi connectivity index (χ2n) is 10.4. The van der Waals surface area contributed by atoms with E-state index in [1.165, 1.54) is 0 Å². The summed E-state index contributed by atoms with van der Waals surface area (Å²) in [6.45, 7) is 19.6. The highest BCUT2D eigenvalue weighted by Gasteiger charge is 2.42. The number of aliphatic hydroxyl groups is 1. The number of thiocarbonyl (C=S) groups is 1. The number of aliphatic hydroxyl groups excluding tert-OH is 1. The molecule has 1 N–H and O–H groups in total. The molecule has 1 heterocycles. The lowest BCUT2D eigenvalue weighted by atomic mass is 9.86. The fourth-order valence-corrected chi connectivity index (χ4v) is 8.91. The van der Waals surface area contributed by atoms with E-state index in [4.69, 9.17) is 16.6 Å². The van der Waals surface area contributed by atoms with Gasteiger partial charge in [0.1, 0.15) is 4.32 Å². The predicted octanol–water partition coefficient (Wildman–Crippen LogP) is 6.09. The second kappa shape index (κ2) is 11.8. The van der Waals surface area contributed by atoms with Crippen LogP contribution >= 0.6 is 24.0 Å². The monoisotopic (exact) mass is 475 g/mol. The van der Waals surface area contributed by atoms with Crippen LogP contribution in [0.25, 0.3) is 0 Å². The maximum absolute atomic E-state index is 13.2. The molecule has 4 atom stereocenters. The summed E-state index contributed by atoms with van der Waals surface area (Å²) >= 11 is 7.05. The number of hydrogen-bond donors (Lipinski definition) is 1. The van der Waals surface area contributed by atoms with E-state index >= 15 is 0 Å². The van der Waals surface area contributed by atoms with Crippen molar-refractivity contribution in [2.24, 2.45) is 17.3 Å². The SMILES string of the molecule is CC[Si](CC)(CC)O[C@H](CC(C)C)[C@@H](C)[C@@H](O)CC(=O)N1C(=S)SC[C@@H]1C(C)(C)C. The minimum atomic E-state index is -1.80. The Morgan fingerprint density at radius 2 is 1.77 bits per heavy atom. The number of rotatable bonds is 11. The van der Waals surface area contributed by atoms with E-state index < -0.39 is 14.4 Å². The van der Waals surface area contributed by atoms with E-state index in [-0.39, 0.29) is 35.8 Å². The summed E-state index contributed by atoms with van der Waals surface area (Å²) < 4.78 is 7.45. The highest BCUT2D eigenvalue weighted by Crippen LogP contribution is 2.37. The minimum Gasteiger partial charge on any atom is -0.414 e. The quantitative estimate of drug-likeness (QED) is 0.290. The summed E-state index contributed by atoms with van der Waals surface area (Å²) in [6, 6.07) is 3.34. The third-order valence-electron chi connectivity index (χ3n) is 6.76. The van der Waals surface area contributed by atoms with Crippen molar-refractivity contribution in [1.82, 2.24) is 4.90 Å².